The van der Waals surface area contributed by atoms with Crippen molar-refractivity contribution in [2.45, 2.75) is 0 Å². The van der Waals surface area contributed by atoms with Crippen molar-refractivity contribution in [1.29, 1.82) is 0 Å². The number of aliphatic imine (C=N–C) groups is 1. The molecule has 0 aromatic heterocycles. The van der Waals surface area contributed by atoms with Crippen molar-refractivity contribution in [1.82, 2.24) is 4.90 Å². The van der Waals surface area contributed by atoms with Gasteiger partial charge in [-0.05, 0) is 48.6 Å². The number of nitrogens with zero attached hydrogens (tertiary/aromatic N) is 2. The zero-order valence-electron chi connectivity index (χ0n) is 12.0. The summed E-state index contributed by atoms with van der Waals surface area (Å²) in [4.78, 5) is 6.27. The van der Waals surface area contributed by atoms with Crippen molar-refractivity contribution in [3.05, 3.63) is 60.2 Å². The Balaban J connectivity index is 1.77. The number of hydrogen-bond donors (Lipinski definition) is 1. The number of rotatable bonds is 2. The van der Waals surface area contributed by atoms with E-state index in [1.807, 2.05) is 4.90 Å². The molecule has 1 N–H and O–H groups in total. The van der Waals surface area contributed by atoms with Crippen LogP contribution < -0.4 is 5.32 Å². The average Bonchev–Trinajstić information content (AvgIpc) is 2.95. The Bertz CT molecular complexity index is 764. The summed E-state index contributed by atoms with van der Waals surface area (Å²) in [6, 6.07) is 12.2. The highest BCUT2D eigenvalue weighted by Gasteiger charge is 2.23. The van der Waals surface area contributed by atoms with Crippen LogP contribution in [0.25, 0.3) is 0 Å². The minimum absolute atomic E-state index is 0.331. The molecule has 0 aliphatic carbocycles. The van der Waals surface area contributed by atoms with E-state index in [1.54, 1.807) is 36.0 Å². The van der Waals surface area contributed by atoms with Gasteiger partial charge in [-0.25, -0.2) is 13.8 Å². The first kappa shape index (κ1) is 15.9. The minimum atomic E-state index is -0.332. The summed E-state index contributed by atoms with van der Waals surface area (Å²) in [5.74, 6) is 0.170. The third-order valence-corrected chi connectivity index (χ3v) is 4.41. The van der Waals surface area contributed by atoms with Crippen LogP contribution in [0.3, 0.4) is 0 Å². The predicted octanol–water partition coefficient (Wildman–Crippen LogP) is 4.40. The van der Waals surface area contributed by atoms with Gasteiger partial charge in [-0.2, -0.15) is 0 Å². The van der Waals surface area contributed by atoms with Crippen LogP contribution in [0.5, 0.6) is 0 Å². The maximum Gasteiger partial charge on any atom is 0.179 e. The summed E-state index contributed by atoms with van der Waals surface area (Å²) >= 11 is 6.93. The molecule has 2 aromatic carbocycles. The SMILES string of the molecule is Fc1cccc(N=C2SCCN2C(=S)Nc2cccc(F)c2)c1. The van der Waals surface area contributed by atoms with E-state index in [2.05, 4.69) is 10.3 Å². The molecular formula is C16H13F2N3S2. The van der Waals surface area contributed by atoms with Gasteiger partial charge in [-0.3, -0.25) is 4.90 Å². The average molecular weight is 349 g/mol. The Morgan fingerprint density at radius 3 is 2.61 bits per heavy atom. The first-order chi connectivity index (χ1) is 11.1. The van der Waals surface area contributed by atoms with Crippen molar-refractivity contribution in [2.24, 2.45) is 4.99 Å². The summed E-state index contributed by atoms with van der Waals surface area (Å²) in [5.41, 5.74) is 1.12. The number of anilines is 1. The summed E-state index contributed by atoms with van der Waals surface area (Å²) < 4.78 is 26.5. The molecule has 1 fully saturated rings. The third kappa shape index (κ3) is 4.05. The highest BCUT2D eigenvalue weighted by atomic mass is 32.2. The number of thioether (sulfide) groups is 1. The monoisotopic (exact) mass is 349 g/mol. The van der Waals surface area contributed by atoms with Gasteiger partial charge >= 0.3 is 0 Å². The molecule has 0 unspecified atom stereocenters. The van der Waals surface area contributed by atoms with Gasteiger partial charge in [-0.1, -0.05) is 23.9 Å². The maximum atomic E-state index is 13.3. The molecule has 23 heavy (non-hydrogen) atoms. The smallest absolute Gasteiger partial charge is 0.179 e. The molecule has 1 aliphatic rings. The molecule has 1 saturated heterocycles. The predicted molar refractivity (Wildman–Crippen MR) is 95.3 cm³/mol. The second kappa shape index (κ2) is 7.06. The van der Waals surface area contributed by atoms with Gasteiger partial charge < -0.3 is 5.32 Å². The highest BCUT2D eigenvalue weighted by Crippen LogP contribution is 2.24. The van der Waals surface area contributed by atoms with Crippen molar-refractivity contribution >= 4 is 45.6 Å². The quantitative estimate of drug-likeness (QED) is 0.814. The Labute approximate surface area is 142 Å². The third-order valence-electron chi connectivity index (χ3n) is 3.13. The van der Waals surface area contributed by atoms with Gasteiger partial charge in [0.2, 0.25) is 0 Å². The summed E-state index contributed by atoms with van der Waals surface area (Å²) in [7, 11) is 0. The number of hydrogen-bond acceptors (Lipinski definition) is 3. The van der Waals surface area contributed by atoms with E-state index in [4.69, 9.17) is 12.2 Å². The summed E-state index contributed by atoms with van der Waals surface area (Å²) in [6.45, 7) is 0.694. The molecule has 3 nitrogen and oxygen atoms in total. The molecule has 1 aliphatic heterocycles. The van der Waals surface area contributed by atoms with Crippen molar-refractivity contribution in [2.75, 3.05) is 17.6 Å². The van der Waals surface area contributed by atoms with Crippen LogP contribution in [-0.4, -0.2) is 27.5 Å². The van der Waals surface area contributed by atoms with Crippen molar-refractivity contribution in [3.63, 3.8) is 0 Å². The molecule has 0 atom stereocenters. The molecular weight excluding hydrogens is 336 g/mol. The zero-order chi connectivity index (χ0) is 16.2. The molecule has 118 valence electrons. The Hall–Kier alpha value is -1.99. The fourth-order valence-electron chi connectivity index (χ4n) is 2.10. The molecule has 3 rings (SSSR count). The van der Waals surface area contributed by atoms with E-state index < -0.39 is 0 Å². The lowest BCUT2D eigenvalue weighted by Gasteiger charge is -2.20. The Morgan fingerprint density at radius 2 is 1.87 bits per heavy atom. The second-order valence-electron chi connectivity index (χ2n) is 4.81. The van der Waals surface area contributed by atoms with E-state index in [0.717, 1.165) is 5.75 Å². The molecule has 0 radical (unpaired) electrons. The van der Waals surface area contributed by atoms with Crippen LogP contribution in [0.15, 0.2) is 53.5 Å². The molecule has 0 saturated carbocycles. The van der Waals surface area contributed by atoms with Gasteiger partial charge in [0.05, 0.1) is 5.69 Å². The molecule has 0 amide bonds. The van der Waals surface area contributed by atoms with Gasteiger partial charge in [0.25, 0.3) is 0 Å². The summed E-state index contributed by atoms with van der Waals surface area (Å²) in [5, 5.41) is 4.14. The summed E-state index contributed by atoms with van der Waals surface area (Å²) in [6.07, 6.45) is 0. The number of nitrogens with one attached hydrogen (secondary N) is 1. The normalized spacial score (nSPS) is 15.9. The number of halogens is 2. The van der Waals surface area contributed by atoms with Crippen molar-refractivity contribution in [3.8, 4) is 0 Å². The molecule has 7 heteroatoms. The van der Waals surface area contributed by atoms with Crippen LogP contribution in [0.2, 0.25) is 0 Å². The fraction of sp³-hybridized carbons (Fsp3) is 0.125. The van der Waals surface area contributed by atoms with Crippen LogP contribution in [0.1, 0.15) is 0 Å². The molecule has 2 aromatic rings. The minimum Gasteiger partial charge on any atom is -0.332 e. The Morgan fingerprint density at radius 1 is 1.13 bits per heavy atom. The van der Waals surface area contributed by atoms with Crippen LogP contribution >= 0.6 is 24.0 Å². The zero-order valence-corrected chi connectivity index (χ0v) is 13.6. The van der Waals surface area contributed by atoms with Gasteiger partial charge in [0.15, 0.2) is 10.3 Å². The number of thiocarbonyl (C=S) groups is 1. The van der Waals surface area contributed by atoms with Gasteiger partial charge in [-0.15, -0.1) is 0 Å². The molecule has 0 spiro atoms. The number of amidine groups is 1. The lowest BCUT2D eigenvalue weighted by Crippen LogP contribution is -2.35. The topological polar surface area (TPSA) is 27.6 Å². The van der Waals surface area contributed by atoms with Crippen LogP contribution in [0.4, 0.5) is 20.2 Å². The van der Waals surface area contributed by atoms with Crippen LogP contribution in [0, 0.1) is 11.6 Å². The standard InChI is InChI=1S/C16H13F2N3S2/c17-11-3-1-5-13(9-11)19-15(22)21-7-8-23-16(21)20-14-6-2-4-12(18)10-14/h1-6,9-10H,7-8H2,(H,19,22). The van der Waals surface area contributed by atoms with E-state index in [1.165, 1.54) is 24.3 Å². The second-order valence-corrected chi connectivity index (χ2v) is 6.26. The lowest BCUT2D eigenvalue weighted by atomic mass is 10.3. The molecule has 1 heterocycles. The Kier molecular flexibility index (Phi) is 4.88. The molecule has 0 bridgehead atoms. The maximum absolute atomic E-state index is 13.3. The van der Waals surface area contributed by atoms with E-state index in [0.29, 0.717) is 28.2 Å². The van der Waals surface area contributed by atoms with Crippen LogP contribution in [-0.2, 0) is 0 Å². The first-order valence-electron chi connectivity index (χ1n) is 6.93. The van der Waals surface area contributed by atoms with E-state index in [-0.39, 0.29) is 11.6 Å². The van der Waals surface area contributed by atoms with E-state index >= 15 is 0 Å². The fourth-order valence-corrected chi connectivity index (χ4v) is 3.41. The van der Waals surface area contributed by atoms with Gasteiger partial charge in [0.1, 0.15) is 11.6 Å². The number of benzene rings is 2. The lowest BCUT2D eigenvalue weighted by molar-refractivity contribution is 0.628. The first-order valence-corrected chi connectivity index (χ1v) is 8.32. The largest absolute Gasteiger partial charge is 0.332 e. The van der Waals surface area contributed by atoms with Crippen molar-refractivity contribution < 1.29 is 8.78 Å². The van der Waals surface area contributed by atoms with E-state index in [9.17, 15) is 8.78 Å². The van der Waals surface area contributed by atoms with Gasteiger partial charge in [0, 0.05) is 18.0 Å². The highest BCUT2D eigenvalue weighted by molar-refractivity contribution is 8.14.